The monoisotopic (exact) mass is 377 g/mol. The van der Waals surface area contributed by atoms with E-state index >= 15 is 0 Å². The first kappa shape index (κ1) is 20.3. The molecule has 0 spiro atoms. The Morgan fingerprint density at radius 2 is 1.64 bits per heavy atom. The molecule has 0 saturated heterocycles. The molecule has 28 heavy (non-hydrogen) atoms. The zero-order valence-electron chi connectivity index (χ0n) is 17.5. The van der Waals surface area contributed by atoms with Crippen LogP contribution in [-0.2, 0) is 6.42 Å². The number of hydrogen-bond donors (Lipinski definition) is 2. The number of para-hydroxylation sites is 1. The number of fused-ring (bicyclic) bond motifs is 1. The Morgan fingerprint density at radius 1 is 0.964 bits per heavy atom. The highest BCUT2D eigenvalue weighted by molar-refractivity contribution is 5.77. The van der Waals surface area contributed by atoms with E-state index in [2.05, 4.69) is 74.2 Å². The van der Waals surface area contributed by atoms with Crippen molar-refractivity contribution in [1.29, 1.82) is 0 Å². The molecular weight excluding hydrogens is 346 g/mol. The van der Waals surface area contributed by atoms with E-state index in [0.29, 0.717) is 23.0 Å². The lowest BCUT2D eigenvalue weighted by molar-refractivity contribution is 0.367. The third-order valence-electron chi connectivity index (χ3n) is 5.12. The van der Waals surface area contributed by atoms with Gasteiger partial charge in [0.2, 0.25) is 0 Å². The van der Waals surface area contributed by atoms with E-state index in [1.165, 1.54) is 11.1 Å². The predicted octanol–water partition coefficient (Wildman–Crippen LogP) is 5.17. The molecule has 0 bridgehead atoms. The van der Waals surface area contributed by atoms with Gasteiger partial charge in [0, 0.05) is 6.04 Å². The van der Waals surface area contributed by atoms with Crippen molar-refractivity contribution in [3.8, 4) is 0 Å². The Balaban J connectivity index is 1.83. The fraction of sp³-hybridized carbons (Fsp3) is 0.417. The SMILES string of the molecule is CC(C)Cc1ccc([C@H](N[C@@H](C)c2nc3ccccc3c(=O)[nH]2)C(C)C)cc1. The van der Waals surface area contributed by atoms with Crippen molar-refractivity contribution in [3.05, 3.63) is 75.8 Å². The number of nitrogens with one attached hydrogen (secondary N) is 2. The van der Waals surface area contributed by atoms with E-state index in [1.54, 1.807) is 6.07 Å². The van der Waals surface area contributed by atoms with E-state index in [4.69, 9.17) is 0 Å². The molecule has 0 radical (unpaired) electrons. The topological polar surface area (TPSA) is 57.8 Å². The fourth-order valence-corrected chi connectivity index (χ4v) is 3.66. The standard InChI is InChI=1S/C24H31N3O/c1-15(2)14-18-10-12-19(13-11-18)22(16(3)4)25-17(5)23-26-21-9-7-6-8-20(21)24(28)27-23/h6-13,15-17,22,25H,14H2,1-5H3,(H,26,27,28)/t17-,22+/m0/s1. The molecule has 0 aliphatic heterocycles. The van der Waals surface area contributed by atoms with Crippen LogP contribution in [0, 0.1) is 11.8 Å². The van der Waals surface area contributed by atoms with Gasteiger partial charge in [0.05, 0.1) is 16.9 Å². The minimum absolute atomic E-state index is 0.0694. The molecular formula is C24H31N3O. The van der Waals surface area contributed by atoms with Crippen LogP contribution >= 0.6 is 0 Å². The maximum absolute atomic E-state index is 12.4. The quantitative estimate of drug-likeness (QED) is 0.597. The number of aromatic amines is 1. The van der Waals surface area contributed by atoms with Crippen molar-refractivity contribution in [3.63, 3.8) is 0 Å². The van der Waals surface area contributed by atoms with Crippen molar-refractivity contribution in [2.24, 2.45) is 11.8 Å². The highest BCUT2D eigenvalue weighted by atomic mass is 16.1. The van der Waals surface area contributed by atoms with Crippen LogP contribution in [0.2, 0.25) is 0 Å². The molecule has 3 aromatic rings. The van der Waals surface area contributed by atoms with Crippen LogP contribution in [0.3, 0.4) is 0 Å². The molecule has 0 saturated carbocycles. The lowest BCUT2D eigenvalue weighted by Gasteiger charge is -2.27. The summed E-state index contributed by atoms with van der Waals surface area (Å²) in [4.78, 5) is 20.0. The molecule has 2 atom stereocenters. The van der Waals surface area contributed by atoms with E-state index in [9.17, 15) is 4.79 Å². The Hall–Kier alpha value is -2.46. The van der Waals surface area contributed by atoms with Gasteiger partial charge in [-0.3, -0.25) is 4.79 Å². The molecule has 4 nitrogen and oxygen atoms in total. The van der Waals surface area contributed by atoms with E-state index in [0.717, 1.165) is 11.9 Å². The third-order valence-corrected chi connectivity index (χ3v) is 5.12. The molecule has 2 aromatic carbocycles. The van der Waals surface area contributed by atoms with Crippen LogP contribution in [-0.4, -0.2) is 9.97 Å². The smallest absolute Gasteiger partial charge is 0.258 e. The molecule has 148 valence electrons. The van der Waals surface area contributed by atoms with Crippen LogP contribution in [0.25, 0.3) is 10.9 Å². The Bertz CT molecular complexity index is 973. The summed E-state index contributed by atoms with van der Waals surface area (Å²) in [6, 6.07) is 16.5. The normalized spacial score (nSPS) is 14.0. The lowest BCUT2D eigenvalue weighted by atomic mass is 9.93. The molecule has 1 heterocycles. The Kier molecular flexibility index (Phi) is 6.30. The largest absolute Gasteiger partial charge is 0.309 e. The minimum Gasteiger partial charge on any atom is -0.309 e. The van der Waals surface area contributed by atoms with Gasteiger partial charge >= 0.3 is 0 Å². The first-order chi connectivity index (χ1) is 13.3. The molecule has 0 aliphatic carbocycles. The van der Waals surface area contributed by atoms with Gasteiger partial charge in [-0.05, 0) is 48.4 Å². The maximum Gasteiger partial charge on any atom is 0.258 e. The molecule has 2 N–H and O–H groups in total. The predicted molar refractivity (Wildman–Crippen MR) is 116 cm³/mol. The second-order valence-corrected chi connectivity index (χ2v) is 8.42. The summed E-state index contributed by atoms with van der Waals surface area (Å²) < 4.78 is 0. The van der Waals surface area contributed by atoms with Gasteiger partial charge in [0.1, 0.15) is 5.82 Å². The number of benzene rings is 2. The van der Waals surface area contributed by atoms with Crippen LogP contribution in [0.5, 0.6) is 0 Å². The van der Waals surface area contributed by atoms with Crippen molar-refractivity contribution in [2.75, 3.05) is 0 Å². The summed E-state index contributed by atoms with van der Waals surface area (Å²) >= 11 is 0. The van der Waals surface area contributed by atoms with Crippen molar-refractivity contribution in [2.45, 2.75) is 53.1 Å². The molecule has 4 heteroatoms. The Morgan fingerprint density at radius 3 is 2.29 bits per heavy atom. The van der Waals surface area contributed by atoms with Crippen molar-refractivity contribution in [1.82, 2.24) is 15.3 Å². The number of nitrogens with zero attached hydrogens (tertiary/aromatic N) is 1. The second-order valence-electron chi connectivity index (χ2n) is 8.42. The van der Waals surface area contributed by atoms with Gasteiger partial charge in [-0.1, -0.05) is 64.1 Å². The highest BCUT2D eigenvalue weighted by Gasteiger charge is 2.20. The zero-order chi connectivity index (χ0) is 20.3. The summed E-state index contributed by atoms with van der Waals surface area (Å²) in [5.41, 5.74) is 3.27. The summed E-state index contributed by atoms with van der Waals surface area (Å²) in [5.74, 6) is 1.73. The number of aromatic nitrogens is 2. The van der Waals surface area contributed by atoms with E-state index in [1.807, 2.05) is 18.2 Å². The van der Waals surface area contributed by atoms with Gasteiger partial charge in [-0.25, -0.2) is 4.98 Å². The fourth-order valence-electron chi connectivity index (χ4n) is 3.66. The Labute approximate surface area is 167 Å². The molecule has 0 amide bonds. The highest BCUT2D eigenvalue weighted by Crippen LogP contribution is 2.26. The molecule has 0 aliphatic rings. The average molecular weight is 378 g/mol. The molecule has 1 aromatic heterocycles. The first-order valence-corrected chi connectivity index (χ1v) is 10.2. The molecule has 0 unspecified atom stereocenters. The second kappa shape index (κ2) is 8.70. The summed E-state index contributed by atoms with van der Waals surface area (Å²) in [5, 5.41) is 4.29. The van der Waals surface area contributed by atoms with Gasteiger partial charge < -0.3 is 10.3 Å². The van der Waals surface area contributed by atoms with Gasteiger partial charge in [0.25, 0.3) is 5.56 Å². The zero-order valence-corrected chi connectivity index (χ0v) is 17.5. The van der Waals surface area contributed by atoms with Gasteiger partial charge in [-0.15, -0.1) is 0 Å². The molecule has 0 fully saturated rings. The van der Waals surface area contributed by atoms with Crippen molar-refractivity contribution >= 4 is 10.9 Å². The number of hydrogen-bond acceptors (Lipinski definition) is 3. The number of rotatable bonds is 7. The minimum atomic E-state index is -0.0895. The van der Waals surface area contributed by atoms with Gasteiger partial charge in [-0.2, -0.15) is 0 Å². The summed E-state index contributed by atoms with van der Waals surface area (Å²) in [6.45, 7) is 11.0. The first-order valence-electron chi connectivity index (χ1n) is 10.2. The summed E-state index contributed by atoms with van der Waals surface area (Å²) in [7, 11) is 0. The van der Waals surface area contributed by atoms with E-state index in [-0.39, 0.29) is 17.6 Å². The van der Waals surface area contributed by atoms with E-state index < -0.39 is 0 Å². The third kappa shape index (κ3) is 4.68. The van der Waals surface area contributed by atoms with Crippen molar-refractivity contribution < 1.29 is 0 Å². The van der Waals surface area contributed by atoms with Crippen LogP contribution in [0.1, 0.15) is 63.7 Å². The van der Waals surface area contributed by atoms with Gasteiger partial charge in [0.15, 0.2) is 0 Å². The number of H-pyrrole nitrogens is 1. The van der Waals surface area contributed by atoms with Crippen LogP contribution < -0.4 is 10.9 Å². The molecule has 3 rings (SSSR count). The van der Waals surface area contributed by atoms with Crippen LogP contribution in [0.4, 0.5) is 0 Å². The summed E-state index contributed by atoms with van der Waals surface area (Å²) in [6.07, 6.45) is 1.10. The van der Waals surface area contributed by atoms with Crippen LogP contribution in [0.15, 0.2) is 53.3 Å². The lowest BCUT2D eigenvalue weighted by Crippen LogP contribution is -2.30. The average Bonchev–Trinajstić information content (AvgIpc) is 2.66. The maximum atomic E-state index is 12.4.